The molecule has 0 saturated carbocycles. The average molecular weight is 358 g/mol. The molecular weight excluding hydrogens is 340 g/mol. The first-order chi connectivity index (χ1) is 11.9. The first-order valence-corrected chi connectivity index (χ1v) is 8.44. The van der Waals surface area contributed by atoms with Gasteiger partial charge in [0.2, 0.25) is 5.91 Å². The number of anilines is 2. The van der Waals surface area contributed by atoms with Gasteiger partial charge in [0.1, 0.15) is 5.00 Å². The van der Waals surface area contributed by atoms with Crippen LogP contribution in [-0.2, 0) is 16.0 Å². The Morgan fingerprint density at radius 3 is 2.40 bits per heavy atom. The van der Waals surface area contributed by atoms with E-state index < -0.39 is 11.9 Å². The maximum absolute atomic E-state index is 12.7. The van der Waals surface area contributed by atoms with Crippen molar-refractivity contribution < 1.29 is 19.5 Å². The molecule has 2 aromatic rings. The number of nitrogens with one attached hydrogen (secondary N) is 2. The van der Waals surface area contributed by atoms with Crippen molar-refractivity contribution in [3.8, 4) is 0 Å². The lowest BCUT2D eigenvalue weighted by Gasteiger charge is -2.09. The van der Waals surface area contributed by atoms with Crippen molar-refractivity contribution in [1.82, 2.24) is 0 Å². The fourth-order valence-corrected chi connectivity index (χ4v) is 3.49. The minimum Gasteiger partial charge on any atom is -0.478 e. The number of amides is 2. The van der Waals surface area contributed by atoms with E-state index in [0.29, 0.717) is 22.7 Å². The number of thiophene rings is 1. The molecule has 1 aromatic heterocycles. The number of carbonyl (C=O) groups excluding carboxylic acids is 2. The van der Waals surface area contributed by atoms with Crippen LogP contribution in [0.1, 0.15) is 27.7 Å². The number of aliphatic carboxylic acids is 1. The highest BCUT2D eigenvalue weighted by molar-refractivity contribution is 7.16. The highest BCUT2D eigenvalue weighted by Crippen LogP contribution is 2.34. The highest BCUT2D eigenvalue weighted by atomic mass is 32.1. The zero-order chi connectivity index (χ0) is 18.4. The number of aryl methyl sites for hydroxylation is 1. The van der Waals surface area contributed by atoms with E-state index in [1.54, 1.807) is 12.1 Å². The molecule has 6 nitrogen and oxygen atoms in total. The van der Waals surface area contributed by atoms with Crippen molar-refractivity contribution in [3.63, 3.8) is 0 Å². The number of hydrogen-bond acceptors (Lipinski definition) is 4. The second-order valence-electron chi connectivity index (χ2n) is 5.18. The Morgan fingerprint density at radius 1 is 1.12 bits per heavy atom. The molecule has 0 atom stereocenters. The van der Waals surface area contributed by atoms with Crippen molar-refractivity contribution in [1.29, 1.82) is 0 Å². The molecule has 2 rings (SSSR count). The minimum atomic E-state index is -1.21. The van der Waals surface area contributed by atoms with Crippen LogP contribution in [0.25, 0.3) is 0 Å². The van der Waals surface area contributed by atoms with Gasteiger partial charge in [-0.15, -0.1) is 11.3 Å². The van der Waals surface area contributed by atoms with E-state index in [2.05, 4.69) is 10.6 Å². The van der Waals surface area contributed by atoms with Gasteiger partial charge in [0, 0.05) is 22.7 Å². The Hall–Kier alpha value is -2.93. The first-order valence-electron chi connectivity index (χ1n) is 7.63. The monoisotopic (exact) mass is 358 g/mol. The second-order valence-corrected chi connectivity index (χ2v) is 6.40. The topological polar surface area (TPSA) is 95.5 Å². The van der Waals surface area contributed by atoms with Crippen molar-refractivity contribution in [2.75, 3.05) is 10.6 Å². The predicted octanol–water partition coefficient (Wildman–Crippen LogP) is 3.45. The van der Waals surface area contributed by atoms with Gasteiger partial charge in [-0.2, -0.15) is 0 Å². The molecule has 0 bridgehead atoms. The zero-order valence-electron chi connectivity index (χ0n) is 13.8. The lowest BCUT2D eigenvalue weighted by atomic mass is 10.1. The minimum absolute atomic E-state index is 0.315. The molecule has 25 heavy (non-hydrogen) atoms. The lowest BCUT2D eigenvalue weighted by Crippen LogP contribution is -2.17. The van der Waals surface area contributed by atoms with Gasteiger partial charge in [-0.1, -0.05) is 25.1 Å². The maximum Gasteiger partial charge on any atom is 0.328 e. The Morgan fingerprint density at radius 2 is 1.80 bits per heavy atom. The summed E-state index contributed by atoms with van der Waals surface area (Å²) in [4.78, 5) is 36.0. The fourth-order valence-electron chi connectivity index (χ4n) is 2.35. The van der Waals surface area contributed by atoms with Crippen LogP contribution in [-0.4, -0.2) is 22.9 Å². The normalized spacial score (nSPS) is 10.6. The molecule has 7 heteroatoms. The Balaban J connectivity index is 2.30. The second kappa shape index (κ2) is 8.25. The molecule has 2 amide bonds. The van der Waals surface area contributed by atoms with Crippen LogP contribution < -0.4 is 10.6 Å². The van der Waals surface area contributed by atoms with Crippen molar-refractivity contribution in [3.05, 3.63) is 58.5 Å². The number of benzene rings is 1. The van der Waals surface area contributed by atoms with Crippen LogP contribution in [0.3, 0.4) is 0 Å². The standard InChI is InChI=1S/C18H18N2O4S/c1-3-13-11(2)25-18(20-14(21)9-10-15(22)23)16(13)17(24)19-12-7-5-4-6-8-12/h4-10H,3H2,1-2H3,(H,19,24)(H,20,21)(H,22,23). The molecule has 0 aliphatic carbocycles. The quantitative estimate of drug-likeness (QED) is 0.689. The molecule has 0 unspecified atom stereocenters. The van der Waals surface area contributed by atoms with Crippen LogP contribution in [0.15, 0.2) is 42.5 Å². The Bertz CT molecular complexity index is 825. The largest absolute Gasteiger partial charge is 0.478 e. The van der Waals surface area contributed by atoms with E-state index in [4.69, 9.17) is 5.11 Å². The van der Waals surface area contributed by atoms with Crippen molar-refractivity contribution in [2.45, 2.75) is 20.3 Å². The molecule has 0 aliphatic heterocycles. The number of para-hydroxylation sites is 1. The summed E-state index contributed by atoms with van der Waals surface area (Å²) in [6, 6.07) is 9.03. The van der Waals surface area contributed by atoms with Crippen LogP contribution in [0.2, 0.25) is 0 Å². The number of hydrogen-bond donors (Lipinski definition) is 3. The summed E-state index contributed by atoms with van der Waals surface area (Å²) >= 11 is 1.29. The van der Waals surface area contributed by atoms with Crippen LogP contribution in [0, 0.1) is 6.92 Å². The number of carboxylic acid groups (broad SMARTS) is 1. The van der Waals surface area contributed by atoms with Gasteiger partial charge in [-0.25, -0.2) is 4.79 Å². The van der Waals surface area contributed by atoms with E-state index in [9.17, 15) is 14.4 Å². The van der Waals surface area contributed by atoms with E-state index in [0.717, 1.165) is 22.6 Å². The average Bonchev–Trinajstić information content (AvgIpc) is 2.89. The number of rotatable bonds is 6. The summed E-state index contributed by atoms with van der Waals surface area (Å²) in [5, 5.41) is 14.4. The molecule has 0 spiro atoms. The third-order valence-electron chi connectivity index (χ3n) is 3.44. The van der Waals surface area contributed by atoms with E-state index in [1.165, 1.54) is 11.3 Å². The molecular formula is C18H18N2O4S. The number of carboxylic acids is 1. The van der Waals surface area contributed by atoms with Crippen molar-refractivity contribution in [2.24, 2.45) is 0 Å². The molecule has 0 aliphatic rings. The van der Waals surface area contributed by atoms with Gasteiger partial charge in [0.05, 0.1) is 5.56 Å². The van der Waals surface area contributed by atoms with Gasteiger partial charge < -0.3 is 15.7 Å². The third kappa shape index (κ3) is 4.77. The molecule has 1 aromatic carbocycles. The third-order valence-corrected chi connectivity index (χ3v) is 4.50. The lowest BCUT2D eigenvalue weighted by molar-refractivity contribution is -0.131. The summed E-state index contributed by atoms with van der Waals surface area (Å²) in [5.74, 6) is -2.13. The van der Waals surface area contributed by atoms with Crippen molar-refractivity contribution >= 4 is 39.8 Å². The van der Waals surface area contributed by atoms with E-state index in [1.807, 2.05) is 32.0 Å². The summed E-state index contributed by atoms with van der Waals surface area (Å²) in [6.07, 6.45) is 2.31. The van der Waals surface area contributed by atoms with Gasteiger partial charge in [-0.05, 0) is 31.0 Å². The van der Waals surface area contributed by atoms with Gasteiger partial charge in [-0.3, -0.25) is 9.59 Å². The van der Waals surface area contributed by atoms with Gasteiger partial charge in [0.25, 0.3) is 5.91 Å². The predicted molar refractivity (Wildman–Crippen MR) is 98.2 cm³/mol. The first kappa shape index (κ1) is 18.4. The highest BCUT2D eigenvalue weighted by Gasteiger charge is 2.22. The maximum atomic E-state index is 12.7. The molecule has 0 radical (unpaired) electrons. The summed E-state index contributed by atoms with van der Waals surface area (Å²) in [7, 11) is 0. The Labute approximate surface area is 149 Å². The molecule has 130 valence electrons. The van der Waals surface area contributed by atoms with E-state index in [-0.39, 0.29) is 5.91 Å². The van der Waals surface area contributed by atoms with Gasteiger partial charge in [0.15, 0.2) is 0 Å². The van der Waals surface area contributed by atoms with Gasteiger partial charge >= 0.3 is 5.97 Å². The van der Waals surface area contributed by atoms with Crippen LogP contribution in [0.4, 0.5) is 10.7 Å². The van der Waals surface area contributed by atoms with Crippen LogP contribution in [0.5, 0.6) is 0 Å². The van der Waals surface area contributed by atoms with Crippen LogP contribution >= 0.6 is 11.3 Å². The zero-order valence-corrected chi connectivity index (χ0v) is 14.6. The fraction of sp³-hybridized carbons (Fsp3) is 0.167. The summed E-state index contributed by atoms with van der Waals surface area (Å²) < 4.78 is 0. The molecule has 3 N–H and O–H groups in total. The Kier molecular flexibility index (Phi) is 6.08. The smallest absolute Gasteiger partial charge is 0.328 e. The SMILES string of the molecule is CCc1c(C)sc(NC(=O)C=CC(=O)O)c1C(=O)Nc1ccccc1. The summed E-state index contributed by atoms with van der Waals surface area (Å²) in [6.45, 7) is 3.82. The molecule has 1 heterocycles. The number of carbonyl (C=O) groups is 3. The molecule has 0 fully saturated rings. The molecule has 0 saturated heterocycles. The van der Waals surface area contributed by atoms with E-state index >= 15 is 0 Å². The summed E-state index contributed by atoms with van der Waals surface area (Å²) in [5.41, 5.74) is 1.92.